The van der Waals surface area contributed by atoms with E-state index in [1.165, 1.54) is 5.56 Å². The van der Waals surface area contributed by atoms with E-state index in [0.717, 1.165) is 54.7 Å². The summed E-state index contributed by atoms with van der Waals surface area (Å²) in [4.78, 5) is 6.48. The van der Waals surface area contributed by atoms with Crippen molar-refractivity contribution in [1.82, 2.24) is 10.2 Å². The number of aliphatic imine (C=N–C) groups is 1. The van der Waals surface area contributed by atoms with E-state index >= 15 is 0 Å². The van der Waals surface area contributed by atoms with Crippen LogP contribution in [0.1, 0.15) is 11.1 Å². The van der Waals surface area contributed by atoms with Gasteiger partial charge in [0, 0.05) is 32.2 Å². The molecule has 2 rings (SSSR count). The molecule has 0 fully saturated rings. The van der Waals surface area contributed by atoms with Crippen molar-refractivity contribution in [2.45, 2.75) is 12.8 Å². The second-order valence-corrected chi connectivity index (χ2v) is 6.95. The van der Waals surface area contributed by atoms with E-state index in [0.29, 0.717) is 5.02 Å². The summed E-state index contributed by atoms with van der Waals surface area (Å²) in [6.45, 7) is 1.55. The number of guanidine groups is 1. The smallest absolute Gasteiger partial charge is 0.193 e. The van der Waals surface area contributed by atoms with Crippen molar-refractivity contribution < 1.29 is 14.2 Å². The zero-order valence-corrected chi connectivity index (χ0v) is 18.5. The molecule has 0 bridgehead atoms. The van der Waals surface area contributed by atoms with Gasteiger partial charge in [0.05, 0.1) is 21.3 Å². The van der Waals surface area contributed by atoms with E-state index in [2.05, 4.69) is 21.3 Å². The van der Waals surface area contributed by atoms with E-state index in [-0.39, 0.29) is 0 Å². The highest BCUT2D eigenvalue weighted by Crippen LogP contribution is 2.27. The number of methoxy groups -OCH3 is 3. The molecule has 7 heteroatoms. The van der Waals surface area contributed by atoms with Crippen molar-refractivity contribution in [2.75, 3.05) is 48.5 Å². The first-order valence-electron chi connectivity index (χ1n) is 9.47. The molecule has 0 atom stereocenters. The molecule has 0 aliphatic carbocycles. The minimum atomic E-state index is 0.711. The molecule has 1 N–H and O–H groups in total. The van der Waals surface area contributed by atoms with Crippen LogP contribution in [0, 0.1) is 0 Å². The van der Waals surface area contributed by atoms with Gasteiger partial charge in [0.15, 0.2) is 17.5 Å². The Morgan fingerprint density at radius 1 is 1.00 bits per heavy atom. The third-order valence-electron chi connectivity index (χ3n) is 4.69. The molecule has 0 aromatic heterocycles. The van der Waals surface area contributed by atoms with Gasteiger partial charge < -0.3 is 24.4 Å². The van der Waals surface area contributed by atoms with Gasteiger partial charge in [-0.05, 0) is 48.2 Å². The fraction of sp³-hybridized carbons (Fsp3) is 0.409. The van der Waals surface area contributed by atoms with Crippen molar-refractivity contribution in [2.24, 2.45) is 4.99 Å². The highest BCUT2D eigenvalue weighted by atomic mass is 35.5. The molecule has 2 aromatic rings. The lowest BCUT2D eigenvalue weighted by Crippen LogP contribution is -2.40. The van der Waals surface area contributed by atoms with Crippen LogP contribution < -0.4 is 19.5 Å². The number of halogens is 1. The maximum absolute atomic E-state index is 6.32. The SMILES string of the molecule is CN=C(NCCc1ccc(OC)cc1Cl)N(C)CCc1ccc(OC)c(OC)c1. The molecular formula is C22H30ClN3O3. The highest BCUT2D eigenvalue weighted by molar-refractivity contribution is 6.31. The molecular weight excluding hydrogens is 390 g/mol. The summed E-state index contributed by atoms with van der Waals surface area (Å²) in [6.07, 6.45) is 1.66. The van der Waals surface area contributed by atoms with E-state index in [1.54, 1.807) is 28.4 Å². The van der Waals surface area contributed by atoms with Crippen LogP contribution in [0.3, 0.4) is 0 Å². The zero-order chi connectivity index (χ0) is 21.2. The maximum Gasteiger partial charge on any atom is 0.193 e. The monoisotopic (exact) mass is 419 g/mol. The second kappa shape index (κ2) is 11.4. The van der Waals surface area contributed by atoms with Crippen LogP contribution in [0.15, 0.2) is 41.4 Å². The van der Waals surface area contributed by atoms with Crippen LogP contribution in [0.5, 0.6) is 17.2 Å². The Kier molecular flexibility index (Phi) is 8.93. The lowest BCUT2D eigenvalue weighted by molar-refractivity contribution is 0.354. The Hall–Kier alpha value is -2.60. The molecule has 0 radical (unpaired) electrons. The van der Waals surface area contributed by atoms with Crippen LogP contribution in [-0.2, 0) is 12.8 Å². The van der Waals surface area contributed by atoms with E-state index < -0.39 is 0 Å². The van der Waals surface area contributed by atoms with Crippen LogP contribution in [0.2, 0.25) is 5.02 Å². The fourth-order valence-electron chi connectivity index (χ4n) is 2.99. The summed E-state index contributed by atoms with van der Waals surface area (Å²) < 4.78 is 15.9. The van der Waals surface area contributed by atoms with Crippen molar-refractivity contribution in [3.63, 3.8) is 0 Å². The van der Waals surface area contributed by atoms with E-state index in [4.69, 9.17) is 25.8 Å². The Bertz CT molecular complexity index is 827. The third kappa shape index (κ3) is 6.46. The molecule has 0 aliphatic heterocycles. The Morgan fingerprint density at radius 3 is 2.38 bits per heavy atom. The van der Waals surface area contributed by atoms with Gasteiger partial charge in [0.2, 0.25) is 0 Å². The Morgan fingerprint density at radius 2 is 1.76 bits per heavy atom. The van der Waals surface area contributed by atoms with Gasteiger partial charge in [0.1, 0.15) is 5.75 Å². The number of nitrogens with one attached hydrogen (secondary N) is 1. The van der Waals surface area contributed by atoms with Gasteiger partial charge in [-0.3, -0.25) is 4.99 Å². The van der Waals surface area contributed by atoms with Crippen LogP contribution in [-0.4, -0.2) is 59.4 Å². The fourth-order valence-corrected chi connectivity index (χ4v) is 3.26. The van der Waals surface area contributed by atoms with Crippen molar-refractivity contribution in [3.8, 4) is 17.2 Å². The van der Waals surface area contributed by atoms with Crippen LogP contribution in [0.25, 0.3) is 0 Å². The van der Waals surface area contributed by atoms with Crippen molar-refractivity contribution >= 4 is 17.6 Å². The molecule has 2 aromatic carbocycles. The normalized spacial score (nSPS) is 11.2. The molecule has 0 saturated carbocycles. The summed E-state index contributed by atoms with van der Waals surface area (Å²) in [5.74, 6) is 3.08. The average molecular weight is 420 g/mol. The lowest BCUT2D eigenvalue weighted by Gasteiger charge is -2.22. The quantitative estimate of drug-likeness (QED) is 0.496. The van der Waals surface area contributed by atoms with Gasteiger partial charge in [-0.2, -0.15) is 0 Å². The summed E-state index contributed by atoms with van der Waals surface area (Å²) in [5, 5.41) is 4.10. The van der Waals surface area contributed by atoms with E-state index in [9.17, 15) is 0 Å². The number of rotatable bonds is 9. The molecule has 0 saturated heterocycles. The summed E-state index contributed by atoms with van der Waals surface area (Å²) >= 11 is 6.32. The number of hydrogen-bond donors (Lipinski definition) is 1. The molecule has 0 unspecified atom stereocenters. The van der Waals surface area contributed by atoms with E-state index in [1.807, 2.05) is 37.4 Å². The zero-order valence-electron chi connectivity index (χ0n) is 17.8. The van der Waals surface area contributed by atoms with Gasteiger partial charge in [-0.15, -0.1) is 0 Å². The van der Waals surface area contributed by atoms with Crippen LogP contribution in [0.4, 0.5) is 0 Å². The first kappa shape index (κ1) is 22.7. The maximum atomic E-state index is 6.32. The molecule has 6 nitrogen and oxygen atoms in total. The summed E-state index contributed by atoms with van der Waals surface area (Å²) in [5.41, 5.74) is 2.25. The molecule has 29 heavy (non-hydrogen) atoms. The number of hydrogen-bond acceptors (Lipinski definition) is 4. The third-order valence-corrected chi connectivity index (χ3v) is 5.05. The lowest BCUT2D eigenvalue weighted by atomic mass is 10.1. The largest absolute Gasteiger partial charge is 0.497 e. The highest BCUT2D eigenvalue weighted by Gasteiger charge is 2.09. The predicted molar refractivity (Wildman–Crippen MR) is 119 cm³/mol. The van der Waals surface area contributed by atoms with Crippen molar-refractivity contribution in [1.29, 1.82) is 0 Å². The summed E-state index contributed by atoms with van der Waals surface area (Å²) in [6, 6.07) is 11.7. The molecule has 0 spiro atoms. The van der Waals surface area contributed by atoms with Crippen LogP contribution >= 0.6 is 11.6 Å². The Labute approximate surface area is 178 Å². The van der Waals surface area contributed by atoms with Gasteiger partial charge in [-0.1, -0.05) is 23.7 Å². The van der Waals surface area contributed by atoms with Crippen molar-refractivity contribution in [3.05, 3.63) is 52.5 Å². The topological polar surface area (TPSA) is 55.3 Å². The minimum absolute atomic E-state index is 0.711. The van der Waals surface area contributed by atoms with Gasteiger partial charge in [0.25, 0.3) is 0 Å². The van der Waals surface area contributed by atoms with Gasteiger partial charge >= 0.3 is 0 Å². The second-order valence-electron chi connectivity index (χ2n) is 6.54. The summed E-state index contributed by atoms with van der Waals surface area (Å²) in [7, 11) is 8.73. The standard InChI is InChI=1S/C22H30ClN3O3/c1-24-22(25-12-10-17-7-8-18(27-3)15-19(17)23)26(2)13-11-16-6-9-20(28-4)21(14-16)29-5/h6-9,14-15H,10-13H2,1-5H3,(H,24,25). The molecule has 158 valence electrons. The first-order valence-corrected chi connectivity index (χ1v) is 9.85. The molecule has 0 amide bonds. The first-order chi connectivity index (χ1) is 14.0. The van der Waals surface area contributed by atoms with Gasteiger partial charge in [-0.25, -0.2) is 0 Å². The molecule has 0 aliphatic rings. The number of likely N-dealkylation sites (N-methyl/N-ethyl adjacent to an activating group) is 1. The average Bonchev–Trinajstić information content (AvgIpc) is 2.75. The predicted octanol–water partition coefficient (Wildman–Crippen LogP) is 3.66. The number of ether oxygens (including phenoxy) is 3. The Balaban J connectivity index is 1.86. The molecule has 0 heterocycles. The minimum Gasteiger partial charge on any atom is -0.497 e. The number of benzene rings is 2. The number of nitrogens with zero attached hydrogens (tertiary/aromatic N) is 2.